The van der Waals surface area contributed by atoms with Crippen molar-refractivity contribution in [3.8, 4) is 0 Å². The molecule has 1 aromatic carbocycles. The molecular weight excluding hydrogens is 204 g/mol. The third-order valence-corrected chi connectivity index (χ3v) is 2.59. The molecule has 3 nitrogen and oxygen atoms in total. The van der Waals surface area contributed by atoms with E-state index in [1.807, 2.05) is 13.8 Å². The Morgan fingerprint density at radius 2 is 1.56 bits per heavy atom. The lowest BCUT2D eigenvalue weighted by atomic mass is 9.96. The molecule has 1 atom stereocenters. The molecule has 16 heavy (non-hydrogen) atoms. The third kappa shape index (κ3) is 2.69. The standard InChI is InChI=1S/C13H16O3/c1-8(2)12(14)11-6-4-10(5-7-11)9(3)13(15)16/h4-9H,1-3H3,(H,15,16)/t9-/m0/s1. The van der Waals surface area contributed by atoms with Gasteiger partial charge in [0, 0.05) is 11.5 Å². The summed E-state index contributed by atoms with van der Waals surface area (Å²) in [6.45, 7) is 5.31. The first kappa shape index (κ1) is 12.4. The second-order valence-corrected chi connectivity index (χ2v) is 4.20. The summed E-state index contributed by atoms with van der Waals surface area (Å²) < 4.78 is 0. The van der Waals surface area contributed by atoms with Gasteiger partial charge in [-0.1, -0.05) is 38.1 Å². The van der Waals surface area contributed by atoms with Gasteiger partial charge < -0.3 is 5.11 Å². The van der Waals surface area contributed by atoms with Crippen LogP contribution in [0, 0.1) is 5.92 Å². The lowest BCUT2D eigenvalue weighted by Gasteiger charge is -2.08. The van der Waals surface area contributed by atoms with Gasteiger partial charge in [0.15, 0.2) is 5.78 Å². The highest BCUT2D eigenvalue weighted by atomic mass is 16.4. The Hall–Kier alpha value is -1.64. The van der Waals surface area contributed by atoms with Crippen LogP contribution in [-0.4, -0.2) is 16.9 Å². The lowest BCUT2D eigenvalue weighted by molar-refractivity contribution is -0.138. The Balaban J connectivity index is 2.91. The molecule has 0 saturated heterocycles. The Morgan fingerprint density at radius 1 is 1.06 bits per heavy atom. The van der Waals surface area contributed by atoms with Crippen LogP contribution in [0.1, 0.15) is 42.6 Å². The number of carboxylic acid groups (broad SMARTS) is 1. The van der Waals surface area contributed by atoms with Crippen molar-refractivity contribution >= 4 is 11.8 Å². The molecule has 0 amide bonds. The second-order valence-electron chi connectivity index (χ2n) is 4.20. The number of carboxylic acids is 1. The summed E-state index contributed by atoms with van der Waals surface area (Å²) in [5.41, 5.74) is 1.35. The molecule has 0 fully saturated rings. The number of benzene rings is 1. The first-order valence-electron chi connectivity index (χ1n) is 5.30. The molecule has 0 aromatic heterocycles. The highest BCUT2D eigenvalue weighted by molar-refractivity contribution is 5.97. The molecule has 3 heteroatoms. The van der Waals surface area contributed by atoms with Gasteiger partial charge in [-0.2, -0.15) is 0 Å². The van der Waals surface area contributed by atoms with E-state index in [4.69, 9.17) is 5.11 Å². The number of hydrogen-bond acceptors (Lipinski definition) is 2. The molecule has 0 unspecified atom stereocenters. The highest BCUT2D eigenvalue weighted by Gasteiger charge is 2.15. The highest BCUT2D eigenvalue weighted by Crippen LogP contribution is 2.17. The summed E-state index contributed by atoms with van der Waals surface area (Å²) in [6, 6.07) is 6.79. The Kier molecular flexibility index (Phi) is 3.82. The van der Waals surface area contributed by atoms with E-state index in [2.05, 4.69) is 0 Å². The van der Waals surface area contributed by atoms with Gasteiger partial charge in [0.1, 0.15) is 0 Å². The van der Waals surface area contributed by atoms with E-state index in [0.29, 0.717) is 11.1 Å². The molecule has 1 aromatic rings. The van der Waals surface area contributed by atoms with Crippen molar-refractivity contribution in [1.29, 1.82) is 0 Å². The van der Waals surface area contributed by atoms with Gasteiger partial charge in [0.2, 0.25) is 0 Å². The zero-order valence-electron chi connectivity index (χ0n) is 9.73. The van der Waals surface area contributed by atoms with Crippen LogP contribution in [0.15, 0.2) is 24.3 Å². The van der Waals surface area contributed by atoms with Gasteiger partial charge in [-0.25, -0.2) is 0 Å². The van der Waals surface area contributed by atoms with E-state index < -0.39 is 11.9 Å². The van der Waals surface area contributed by atoms with E-state index in [0.717, 1.165) is 0 Å². The molecule has 0 bridgehead atoms. The van der Waals surface area contributed by atoms with Gasteiger partial charge in [-0.05, 0) is 12.5 Å². The number of aliphatic carboxylic acids is 1. The van der Waals surface area contributed by atoms with Crippen molar-refractivity contribution in [3.63, 3.8) is 0 Å². The molecule has 1 N–H and O–H groups in total. The fourth-order valence-corrected chi connectivity index (χ4v) is 1.41. The lowest BCUT2D eigenvalue weighted by Crippen LogP contribution is -2.09. The zero-order chi connectivity index (χ0) is 12.3. The minimum atomic E-state index is -0.858. The second kappa shape index (κ2) is 4.92. The maximum Gasteiger partial charge on any atom is 0.310 e. The maximum absolute atomic E-state index is 11.6. The first-order chi connectivity index (χ1) is 7.43. The van der Waals surface area contributed by atoms with Gasteiger partial charge in [-0.15, -0.1) is 0 Å². The smallest absolute Gasteiger partial charge is 0.310 e. The first-order valence-corrected chi connectivity index (χ1v) is 5.30. The summed E-state index contributed by atoms with van der Waals surface area (Å²) in [5.74, 6) is -1.36. The van der Waals surface area contributed by atoms with Crippen LogP contribution in [0.2, 0.25) is 0 Å². The van der Waals surface area contributed by atoms with E-state index in [9.17, 15) is 9.59 Å². The monoisotopic (exact) mass is 220 g/mol. The molecule has 0 aliphatic rings. The summed E-state index contributed by atoms with van der Waals surface area (Å²) >= 11 is 0. The summed E-state index contributed by atoms with van der Waals surface area (Å²) in [7, 11) is 0. The predicted molar refractivity (Wildman–Crippen MR) is 61.7 cm³/mol. The van der Waals surface area contributed by atoms with Gasteiger partial charge in [0.25, 0.3) is 0 Å². The number of rotatable bonds is 4. The zero-order valence-corrected chi connectivity index (χ0v) is 9.73. The summed E-state index contributed by atoms with van der Waals surface area (Å²) in [4.78, 5) is 22.4. The Labute approximate surface area is 95.1 Å². The van der Waals surface area contributed by atoms with Crippen LogP contribution in [0.25, 0.3) is 0 Å². The molecule has 0 spiro atoms. The normalized spacial score (nSPS) is 12.5. The molecule has 0 aliphatic heterocycles. The van der Waals surface area contributed by atoms with Crippen LogP contribution in [0.3, 0.4) is 0 Å². The topological polar surface area (TPSA) is 54.4 Å². The van der Waals surface area contributed by atoms with E-state index in [-0.39, 0.29) is 11.7 Å². The van der Waals surface area contributed by atoms with Crippen molar-refractivity contribution in [2.75, 3.05) is 0 Å². The number of Topliss-reactive ketones (excluding diaryl/α,β-unsaturated/α-hetero) is 1. The molecule has 1 rings (SSSR count). The summed E-state index contributed by atoms with van der Waals surface area (Å²) in [6.07, 6.45) is 0. The fourth-order valence-electron chi connectivity index (χ4n) is 1.41. The molecule has 86 valence electrons. The number of ketones is 1. The largest absolute Gasteiger partial charge is 0.481 e. The van der Waals surface area contributed by atoms with Crippen molar-refractivity contribution in [3.05, 3.63) is 35.4 Å². The molecular formula is C13H16O3. The van der Waals surface area contributed by atoms with Crippen LogP contribution in [0.4, 0.5) is 0 Å². The fraction of sp³-hybridized carbons (Fsp3) is 0.385. The predicted octanol–water partition coefficient (Wildman–Crippen LogP) is 2.71. The minimum absolute atomic E-state index is 0.0391. The molecule has 0 radical (unpaired) electrons. The van der Waals surface area contributed by atoms with Gasteiger partial charge in [-0.3, -0.25) is 9.59 Å². The van der Waals surface area contributed by atoms with Crippen LogP contribution in [-0.2, 0) is 4.79 Å². The third-order valence-electron chi connectivity index (χ3n) is 2.59. The quantitative estimate of drug-likeness (QED) is 0.794. The van der Waals surface area contributed by atoms with E-state index in [1.54, 1.807) is 31.2 Å². The number of carbonyl (C=O) groups excluding carboxylic acids is 1. The molecule has 0 saturated carbocycles. The SMILES string of the molecule is CC(C)C(=O)c1ccc([C@H](C)C(=O)O)cc1. The summed E-state index contributed by atoms with van der Waals surface area (Å²) in [5, 5.41) is 8.84. The van der Waals surface area contributed by atoms with Gasteiger partial charge in [0.05, 0.1) is 5.92 Å². The molecule has 0 aliphatic carbocycles. The number of carbonyl (C=O) groups is 2. The Morgan fingerprint density at radius 3 is 1.94 bits per heavy atom. The Bertz CT molecular complexity index is 390. The molecule has 0 heterocycles. The van der Waals surface area contributed by atoms with Gasteiger partial charge >= 0.3 is 5.97 Å². The van der Waals surface area contributed by atoms with Crippen molar-refractivity contribution in [2.24, 2.45) is 5.92 Å². The van der Waals surface area contributed by atoms with E-state index >= 15 is 0 Å². The van der Waals surface area contributed by atoms with Crippen molar-refractivity contribution in [2.45, 2.75) is 26.7 Å². The number of hydrogen-bond donors (Lipinski definition) is 1. The average Bonchev–Trinajstić information content (AvgIpc) is 2.27. The van der Waals surface area contributed by atoms with Crippen LogP contribution < -0.4 is 0 Å². The van der Waals surface area contributed by atoms with Crippen LogP contribution >= 0.6 is 0 Å². The minimum Gasteiger partial charge on any atom is -0.481 e. The maximum atomic E-state index is 11.6. The van der Waals surface area contributed by atoms with Crippen molar-refractivity contribution in [1.82, 2.24) is 0 Å². The van der Waals surface area contributed by atoms with E-state index in [1.165, 1.54) is 0 Å². The van der Waals surface area contributed by atoms with Crippen molar-refractivity contribution < 1.29 is 14.7 Å². The average molecular weight is 220 g/mol. The van der Waals surface area contributed by atoms with Crippen LogP contribution in [0.5, 0.6) is 0 Å².